The molecule has 0 spiro atoms. The van der Waals surface area contributed by atoms with Gasteiger partial charge in [-0.1, -0.05) is 0 Å². The SMILES string of the molecule is Cc1ccc2c(c1)[Te]c1cc(C)cc(C)c1N2. The van der Waals surface area contributed by atoms with Crippen LogP contribution in [0.2, 0.25) is 0 Å². The number of aryl methyl sites for hydroxylation is 3. The summed E-state index contributed by atoms with van der Waals surface area (Å²) >= 11 is -0.234. The summed E-state index contributed by atoms with van der Waals surface area (Å²) in [4.78, 5) is 0. The zero-order valence-corrected chi connectivity index (χ0v) is 12.6. The van der Waals surface area contributed by atoms with E-state index >= 15 is 0 Å². The molecule has 3 rings (SSSR count). The summed E-state index contributed by atoms with van der Waals surface area (Å²) in [5, 5.41) is 3.60. The van der Waals surface area contributed by atoms with Gasteiger partial charge in [0.15, 0.2) is 0 Å². The van der Waals surface area contributed by atoms with Crippen molar-refractivity contribution in [1.29, 1.82) is 0 Å². The van der Waals surface area contributed by atoms with Crippen molar-refractivity contribution in [3.63, 3.8) is 0 Å². The molecule has 86 valence electrons. The Morgan fingerprint density at radius 3 is 2.47 bits per heavy atom. The van der Waals surface area contributed by atoms with Gasteiger partial charge < -0.3 is 0 Å². The van der Waals surface area contributed by atoms with E-state index in [4.69, 9.17) is 0 Å². The van der Waals surface area contributed by atoms with Gasteiger partial charge in [0.05, 0.1) is 0 Å². The first-order valence-corrected chi connectivity index (χ1v) is 8.13. The molecule has 1 nitrogen and oxygen atoms in total. The zero-order valence-electron chi connectivity index (χ0n) is 10.3. The molecule has 0 atom stereocenters. The van der Waals surface area contributed by atoms with Crippen LogP contribution in [0.25, 0.3) is 0 Å². The minimum absolute atomic E-state index is 0.234. The van der Waals surface area contributed by atoms with Crippen molar-refractivity contribution in [1.82, 2.24) is 0 Å². The van der Waals surface area contributed by atoms with Gasteiger partial charge in [0, 0.05) is 0 Å². The van der Waals surface area contributed by atoms with Crippen LogP contribution in [-0.4, -0.2) is 20.9 Å². The molecule has 17 heavy (non-hydrogen) atoms. The minimum atomic E-state index is -0.234. The van der Waals surface area contributed by atoms with Crippen LogP contribution in [0.1, 0.15) is 16.7 Å². The van der Waals surface area contributed by atoms with E-state index in [0.29, 0.717) is 0 Å². The summed E-state index contributed by atoms with van der Waals surface area (Å²) in [5.41, 5.74) is 6.79. The Bertz CT molecular complexity index is 602. The fourth-order valence-electron chi connectivity index (χ4n) is 2.24. The van der Waals surface area contributed by atoms with E-state index in [9.17, 15) is 0 Å². The van der Waals surface area contributed by atoms with Gasteiger partial charge in [-0.3, -0.25) is 0 Å². The molecule has 1 aliphatic rings. The predicted molar refractivity (Wildman–Crippen MR) is 75.4 cm³/mol. The van der Waals surface area contributed by atoms with E-state index in [1.54, 1.807) is 3.61 Å². The molecule has 2 aromatic rings. The van der Waals surface area contributed by atoms with E-state index in [2.05, 4.69) is 56.4 Å². The number of hydrogen-bond donors (Lipinski definition) is 1. The normalized spacial score (nSPS) is 12.6. The number of fused-ring (bicyclic) bond motifs is 2. The number of hydrogen-bond acceptors (Lipinski definition) is 1. The van der Waals surface area contributed by atoms with Crippen LogP contribution < -0.4 is 12.5 Å². The van der Waals surface area contributed by atoms with Gasteiger partial charge in [0.25, 0.3) is 0 Å². The monoisotopic (exact) mass is 339 g/mol. The second-order valence-electron chi connectivity index (χ2n) is 4.68. The summed E-state index contributed by atoms with van der Waals surface area (Å²) in [6, 6.07) is 11.4. The molecule has 0 bridgehead atoms. The van der Waals surface area contributed by atoms with Gasteiger partial charge in [0.2, 0.25) is 0 Å². The average molecular weight is 337 g/mol. The van der Waals surface area contributed by atoms with Crippen molar-refractivity contribution in [3.05, 3.63) is 47.0 Å². The summed E-state index contributed by atoms with van der Waals surface area (Å²) < 4.78 is 3.08. The van der Waals surface area contributed by atoms with Crippen LogP contribution >= 0.6 is 0 Å². The van der Waals surface area contributed by atoms with E-state index in [1.165, 1.54) is 31.7 Å². The van der Waals surface area contributed by atoms with E-state index < -0.39 is 0 Å². The Morgan fingerprint density at radius 1 is 0.882 bits per heavy atom. The second kappa shape index (κ2) is 4.05. The van der Waals surface area contributed by atoms with Crippen molar-refractivity contribution in [2.45, 2.75) is 20.8 Å². The molecule has 0 fully saturated rings. The molecule has 0 unspecified atom stereocenters. The van der Waals surface area contributed by atoms with Crippen LogP contribution in [0.5, 0.6) is 0 Å². The Balaban J connectivity index is 2.14. The predicted octanol–water partition coefficient (Wildman–Crippen LogP) is 2.32. The van der Waals surface area contributed by atoms with Crippen molar-refractivity contribution in [2.75, 3.05) is 5.32 Å². The summed E-state index contributed by atoms with van der Waals surface area (Å²) in [6.07, 6.45) is 0. The summed E-state index contributed by atoms with van der Waals surface area (Å²) in [5.74, 6) is 0. The molecule has 1 heterocycles. The maximum atomic E-state index is 3.60. The number of nitrogens with one attached hydrogen (secondary N) is 1. The van der Waals surface area contributed by atoms with Crippen LogP contribution in [-0.2, 0) is 0 Å². The van der Waals surface area contributed by atoms with E-state index in [0.717, 1.165) is 0 Å². The Labute approximate surface area is 112 Å². The average Bonchev–Trinajstić information content (AvgIpc) is 2.26. The molecular weight excluding hydrogens is 322 g/mol. The fourth-order valence-corrected chi connectivity index (χ4v) is 5.86. The third kappa shape index (κ3) is 1.97. The van der Waals surface area contributed by atoms with Crippen molar-refractivity contribution < 1.29 is 0 Å². The van der Waals surface area contributed by atoms with Gasteiger partial charge in [-0.15, -0.1) is 0 Å². The molecule has 0 amide bonds. The Hall–Kier alpha value is -0.970. The number of benzene rings is 2. The third-order valence-electron chi connectivity index (χ3n) is 3.06. The van der Waals surface area contributed by atoms with E-state index in [-0.39, 0.29) is 20.9 Å². The number of rotatable bonds is 0. The third-order valence-corrected chi connectivity index (χ3v) is 6.20. The van der Waals surface area contributed by atoms with E-state index in [1.807, 2.05) is 0 Å². The van der Waals surface area contributed by atoms with Crippen LogP contribution in [0.3, 0.4) is 0 Å². The fraction of sp³-hybridized carbons (Fsp3) is 0.200. The van der Waals surface area contributed by atoms with Gasteiger partial charge in [0.1, 0.15) is 0 Å². The van der Waals surface area contributed by atoms with Crippen LogP contribution in [0, 0.1) is 20.8 Å². The second-order valence-corrected chi connectivity index (χ2v) is 7.77. The molecule has 1 N–H and O–H groups in total. The van der Waals surface area contributed by atoms with Gasteiger partial charge in [-0.2, -0.15) is 0 Å². The van der Waals surface area contributed by atoms with Gasteiger partial charge in [-0.25, -0.2) is 0 Å². The first-order chi connectivity index (χ1) is 8.13. The maximum absolute atomic E-state index is 3.60. The summed E-state index contributed by atoms with van der Waals surface area (Å²) in [6.45, 7) is 6.56. The molecular formula is C15H15NTe. The molecule has 2 aromatic carbocycles. The topological polar surface area (TPSA) is 12.0 Å². The van der Waals surface area contributed by atoms with Crippen molar-refractivity contribution in [2.24, 2.45) is 0 Å². The van der Waals surface area contributed by atoms with Crippen LogP contribution in [0.4, 0.5) is 11.4 Å². The first kappa shape index (κ1) is 11.1. The molecule has 2 heteroatoms. The van der Waals surface area contributed by atoms with Gasteiger partial charge >= 0.3 is 113 Å². The first-order valence-electron chi connectivity index (χ1n) is 5.80. The zero-order chi connectivity index (χ0) is 12.0. The molecule has 0 aromatic heterocycles. The van der Waals surface area contributed by atoms with Gasteiger partial charge in [-0.05, 0) is 0 Å². The Kier molecular flexibility index (Phi) is 2.65. The van der Waals surface area contributed by atoms with Crippen LogP contribution in [0.15, 0.2) is 30.3 Å². The quantitative estimate of drug-likeness (QED) is 0.621. The molecule has 0 radical (unpaired) electrons. The molecule has 0 saturated heterocycles. The van der Waals surface area contributed by atoms with Crippen molar-refractivity contribution >= 4 is 39.5 Å². The number of anilines is 2. The standard InChI is InChI=1S/C15H15NTe/c1-9-4-5-12-13(7-9)17-14-8-10(2)6-11(3)15(14)16-12/h4-8,16H,1-3H3. The molecule has 0 aliphatic carbocycles. The molecule has 0 saturated carbocycles. The summed E-state index contributed by atoms with van der Waals surface area (Å²) in [7, 11) is 0. The molecule has 1 aliphatic heterocycles. The van der Waals surface area contributed by atoms with Crippen molar-refractivity contribution in [3.8, 4) is 0 Å². The Morgan fingerprint density at radius 2 is 1.65 bits per heavy atom.